The molecule has 1 amide bonds. The van der Waals surface area contributed by atoms with Crippen molar-refractivity contribution in [2.75, 3.05) is 18.5 Å². The maximum Gasteiger partial charge on any atom is 0.255 e. The number of aromatic nitrogens is 1. The summed E-state index contributed by atoms with van der Waals surface area (Å²) in [5.74, 6) is -0.394. The van der Waals surface area contributed by atoms with E-state index in [2.05, 4.69) is 15.0 Å². The molecule has 0 atom stereocenters. The lowest BCUT2D eigenvalue weighted by atomic mass is 10.1. The van der Waals surface area contributed by atoms with Crippen LogP contribution in [0.4, 0.5) is 5.69 Å². The number of nitrogens with one attached hydrogen (secondary N) is 2. The molecule has 8 heteroatoms. The van der Waals surface area contributed by atoms with Crippen molar-refractivity contribution in [1.29, 1.82) is 0 Å². The van der Waals surface area contributed by atoms with Gasteiger partial charge in [0, 0.05) is 30.2 Å². The van der Waals surface area contributed by atoms with Gasteiger partial charge in [0.25, 0.3) is 5.91 Å². The van der Waals surface area contributed by atoms with E-state index in [1.54, 1.807) is 13.8 Å². The highest BCUT2D eigenvalue weighted by molar-refractivity contribution is 7.88. The van der Waals surface area contributed by atoms with Gasteiger partial charge in [0.05, 0.1) is 11.8 Å². The van der Waals surface area contributed by atoms with E-state index in [-0.39, 0.29) is 12.1 Å². The van der Waals surface area contributed by atoms with E-state index in [1.165, 1.54) is 18.5 Å². The van der Waals surface area contributed by atoms with Gasteiger partial charge in [-0.15, -0.1) is 0 Å². The van der Waals surface area contributed by atoms with Gasteiger partial charge in [-0.2, -0.15) is 0 Å². The third-order valence-corrected chi connectivity index (χ3v) is 3.18. The molecule has 0 bridgehead atoms. The molecule has 1 heterocycles. The number of nitrogens with two attached hydrogens (primary N) is 1. The monoisotopic (exact) mass is 286 g/mol. The van der Waals surface area contributed by atoms with Crippen molar-refractivity contribution in [1.82, 2.24) is 15.0 Å². The van der Waals surface area contributed by atoms with Crippen molar-refractivity contribution >= 4 is 21.6 Å². The molecule has 0 saturated heterocycles. The van der Waals surface area contributed by atoms with Crippen LogP contribution in [0.1, 0.15) is 24.2 Å². The summed E-state index contributed by atoms with van der Waals surface area (Å²) in [7, 11) is -3.34. The number of pyridine rings is 1. The number of carbonyl (C=O) groups excluding carboxylic acids is 1. The number of nitrogens with zero attached hydrogens (tertiary/aromatic N) is 1. The first-order chi connectivity index (χ1) is 8.61. The van der Waals surface area contributed by atoms with Crippen LogP contribution in [0.5, 0.6) is 0 Å². The second-order valence-corrected chi connectivity index (χ2v) is 6.65. The Balaban J connectivity index is 2.67. The molecule has 1 aromatic heterocycles. The zero-order chi connectivity index (χ0) is 14.7. The fourth-order valence-corrected chi connectivity index (χ4v) is 2.61. The minimum atomic E-state index is -3.34. The van der Waals surface area contributed by atoms with E-state index in [9.17, 15) is 13.2 Å². The maximum absolute atomic E-state index is 11.9. The molecule has 106 valence electrons. The van der Waals surface area contributed by atoms with Crippen molar-refractivity contribution < 1.29 is 13.2 Å². The first kappa shape index (κ1) is 15.4. The van der Waals surface area contributed by atoms with Crippen molar-refractivity contribution in [3.8, 4) is 0 Å². The van der Waals surface area contributed by atoms with Gasteiger partial charge in [0.2, 0.25) is 10.0 Å². The van der Waals surface area contributed by atoms with Crippen LogP contribution >= 0.6 is 0 Å². The highest BCUT2D eigenvalue weighted by Crippen LogP contribution is 2.09. The predicted molar refractivity (Wildman–Crippen MR) is 73.0 cm³/mol. The van der Waals surface area contributed by atoms with E-state index in [4.69, 9.17) is 5.73 Å². The summed E-state index contributed by atoms with van der Waals surface area (Å²) in [6, 6.07) is 1.52. The van der Waals surface area contributed by atoms with Gasteiger partial charge in [-0.1, -0.05) is 0 Å². The van der Waals surface area contributed by atoms with Crippen LogP contribution < -0.4 is 15.8 Å². The fraction of sp³-hybridized carbons (Fsp3) is 0.455. The summed E-state index contributed by atoms with van der Waals surface area (Å²) in [6.07, 6.45) is 3.92. The van der Waals surface area contributed by atoms with E-state index < -0.39 is 21.5 Å². The molecular formula is C11H18N4O3S. The van der Waals surface area contributed by atoms with Gasteiger partial charge in [-0.05, 0) is 19.9 Å². The summed E-state index contributed by atoms with van der Waals surface area (Å²) in [6.45, 7) is 3.47. The van der Waals surface area contributed by atoms with E-state index in [1.807, 2.05) is 0 Å². The minimum absolute atomic E-state index is 0.132. The van der Waals surface area contributed by atoms with Gasteiger partial charge in [-0.25, -0.2) is 13.1 Å². The third kappa shape index (κ3) is 5.23. The fourth-order valence-electron chi connectivity index (χ4n) is 1.53. The second-order valence-electron chi connectivity index (χ2n) is 4.90. The van der Waals surface area contributed by atoms with Gasteiger partial charge in [0.1, 0.15) is 0 Å². The highest BCUT2D eigenvalue weighted by Gasteiger charge is 2.23. The molecular weight excluding hydrogens is 268 g/mol. The standard InChI is InChI=1S/C11H18N4O3S/c1-11(2,15-19(3,17)18)7-14-10(16)8-6-13-5-4-9(8)12/h4-6,15H,7H2,1-3H3,(H2,12,13)(H,14,16). The molecule has 0 unspecified atom stereocenters. The van der Waals surface area contributed by atoms with Gasteiger partial charge in [-0.3, -0.25) is 9.78 Å². The Morgan fingerprint density at radius 1 is 1.47 bits per heavy atom. The van der Waals surface area contributed by atoms with Crippen LogP contribution in [0.2, 0.25) is 0 Å². The molecule has 19 heavy (non-hydrogen) atoms. The molecule has 0 radical (unpaired) electrons. The highest BCUT2D eigenvalue weighted by atomic mass is 32.2. The molecule has 0 aromatic carbocycles. The number of hydrogen-bond acceptors (Lipinski definition) is 5. The SMILES string of the molecule is CC(C)(CNC(=O)c1cnccc1N)NS(C)(=O)=O. The van der Waals surface area contributed by atoms with Crippen LogP contribution in [-0.2, 0) is 10.0 Å². The van der Waals surface area contributed by atoms with Crippen LogP contribution in [0.3, 0.4) is 0 Å². The zero-order valence-electron chi connectivity index (χ0n) is 11.1. The molecule has 0 aliphatic heterocycles. The number of anilines is 1. The van der Waals surface area contributed by atoms with Crippen LogP contribution in [0, 0.1) is 0 Å². The quantitative estimate of drug-likeness (QED) is 0.689. The van der Waals surface area contributed by atoms with Gasteiger partial charge in [0.15, 0.2) is 0 Å². The average molecular weight is 286 g/mol. The smallest absolute Gasteiger partial charge is 0.255 e. The summed E-state index contributed by atoms with van der Waals surface area (Å²) >= 11 is 0. The summed E-state index contributed by atoms with van der Waals surface area (Å²) in [5, 5.41) is 2.62. The Morgan fingerprint density at radius 3 is 2.63 bits per heavy atom. The summed E-state index contributed by atoms with van der Waals surface area (Å²) in [5.41, 5.74) is 5.44. The van der Waals surface area contributed by atoms with Gasteiger partial charge < -0.3 is 11.1 Å². The molecule has 0 aliphatic rings. The maximum atomic E-state index is 11.9. The molecule has 0 spiro atoms. The largest absolute Gasteiger partial charge is 0.398 e. The molecule has 7 nitrogen and oxygen atoms in total. The Kier molecular flexibility index (Phi) is 4.48. The van der Waals surface area contributed by atoms with Crippen LogP contribution in [-0.4, -0.2) is 37.6 Å². The molecule has 0 fully saturated rings. The minimum Gasteiger partial charge on any atom is -0.398 e. The predicted octanol–water partition coefficient (Wildman–Crippen LogP) is -0.279. The number of rotatable bonds is 5. The Hall–Kier alpha value is -1.67. The van der Waals surface area contributed by atoms with E-state index >= 15 is 0 Å². The molecule has 4 N–H and O–H groups in total. The van der Waals surface area contributed by atoms with Crippen molar-refractivity contribution in [2.24, 2.45) is 0 Å². The third-order valence-electron chi connectivity index (χ3n) is 2.25. The van der Waals surface area contributed by atoms with Crippen LogP contribution in [0.15, 0.2) is 18.5 Å². The number of nitrogen functional groups attached to an aromatic ring is 1. The normalized spacial score (nSPS) is 12.2. The topological polar surface area (TPSA) is 114 Å². The second kappa shape index (κ2) is 5.54. The Bertz CT molecular complexity index is 569. The van der Waals surface area contributed by atoms with Crippen molar-refractivity contribution in [2.45, 2.75) is 19.4 Å². The molecule has 0 aliphatic carbocycles. The van der Waals surface area contributed by atoms with Gasteiger partial charge >= 0.3 is 0 Å². The number of sulfonamides is 1. The summed E-state index contributed by atoms with van der Waals surface area (Å²) in [4.78, 5) is 15.7. The molecule has 1 aromatic rings. The number of hydrogen-bond donors (Lipinski definition) is 3. The lowest BCUT2D eigenvalue weighted by Gasteiger charge is -2.25. The Morgan fingerprint density at radius 2 is 2.11 bits per heavy atom. The first-order valence-corrected chi connectivity index (χ1v) is 7.46. The average Bonchev–Trinajstić information content (AvgIpc) is 2.23. The number of carbonyl (C=O) groups is 1. The first-order valence-electron chi connectivity index (χ1n) is 5.57. The van der Waals surface area contributed by atoms with Crippen molar-refractivity contribution in [3.05, 3.63) is 24.0 Å². The Labute approximate surface area is 112 Å². The van der Waals surface area contributed by atoms with Crippen LogP contribution in [0.25, 0.3) is 0 Å². The molecule has 0 saturated carbocycles. The number of amides is 1. The lowest BCUT2D eigenvalue weighted by molar-refractivity contribution is 0.0945. The molecule has 1 rings (SSSR count). The van der Waals surface area contributed by atoms with E-state index in [0.29, 0.717) is 5.69 Å². The lowest BCUT2D eigenvalue weighted by Crippen LogP contribution is -2.51. The summed E-state index contributed by atoms with van der Waals surface area (Å²) < 4.78 is 24.8. The van der Waals surface area contributed by atoms with E-state index in [0.717, 1.165) is 6.26 Å². The van der Waals surface area contributed by atoms with Crippen molar-refractivity contribution in [3.63, 3.8) is 0 Å². The zero-order valence-corrected chi connectivity index (χ0v) is 11.9.